The summed E-state index contributed by atoms with van der Waals surface area (Å²) in [6.07, 6.45) is 2.97. The molecule has 1 fully saturated rings. The van der Waals surface area contributed by atoms with Gasteiger partial charge >= 0.3 is 0 Å². The van der Waals surface area contributed by atoms with E-state index in [1.807, 2.05) is 7.05 Å². The highest BCUT2D eigenvalue weighted by atomic mass is 79.9. The third-order valence-corrected chi connectivity index (χ3v) is 4.23. The van der Waals surface area contributed by atoms with E-state index in [1.54, 1.807) is 13.4 Å². The molecule has 0 spiro atoms. The Morgan fingerprint density at radius 2 is 2.28 bits per heavy atom. The van der Waals surface area contributed by atoms with Gasteiger partial charge in [-0.3, -0.25) is 0 Å². The first kappa shape index (κ1) is 13.5. The zero-order valence-electron chi connectivity index (χ0n) is 11.0. The molecule has 0 bridgehead atoms. The lowest BCUT2D eigenvalue weighted by atomic mass is 9.96. The Morgan fingerprint density at radius 3 is 2.94 bits per heavy atom. The van der Waals surface area contributed by atoms with Crippen LogP contribution in [0.1, 0.15) is 13.3 Å². The van der Waals surface area contributed by atoms with Gasteiger partial charge in [0.15, 0.2) is 0 Å². The van der Waals surface area contributed by atoms with E-state index in [2.05, 4.69) is 43.0 Å². The van der Waals surface area contributed by atoms with Gasteiger partial charge in [-0.25, -0.2) is 9.97 Å². The van der Waals surface area contributed by atoms with Crippen molar-refractivity contribution in [1.82, 2.24) is 9.97 Å². The summed E-state index contributed by atoms with van der Waals surface area (Å²) in [7, 11) is 3.63. The summed E-state index contributed by atoms with van der Waals surface area (Å²) in [6.45, 7) is 4.11. The molecule has 18 heavy (non-hydrogen) atoms. The van der Waals surface area contributed by atoms with Crippen LogP contribution in [0.5, 0.6) is 0 Å². The van der Waals surface area contributed by atoms with Gasteiger partial charge in [0.1, 0.15) is 22.4 Å². The van der Waals surface area contributed by atoms with E-state index in [-0.39, 0.29) is 6.10 Å². The zero-order valence-corrected chi connectivity index (χ0v) is 12.6. The Labute approximate surface area is 116 Å². The van der Waals surface area contributed by atoms with Crippen LogP contribution in [0.15, 0.2) is 10.8 Å². The highest BCUT2D eigenvalue weighted by molar-refractivity contribution is 9.10. The summed E-state index contributed by atoms with van der Waals surface area (Å²) in [5.74, 6) is 2.34. The molecule has 0 radical (unpaired) electrons. The van der Waals surface area contributed by atoms with Gasteiger partial charge in [-0.2, -0.15) is 0 Å². The van der Waals surface area contributed by atoms with Crippen LogP contribution >= 0.6 is 15.9 Å². The van der Waals surface area contributed by atoms with Crippen LogP contribution in [0, 0.1) is 5.92 Å². The third-order valence-electron chi connectivity index (χ3n) is 3.50. The van der Waals surface area contributed by atoms with Gasteiger partial charge in [-0.15, -0.1) is 0 Å². The standard InChI is InChI=1S/C12H19BrN4O/c1-8-4-5-17(6-9(8)18-3)12-10(13)11(14-2)15-7-16-12/h7-9H,4-6H2,1-3H3,(H,14,15,16). The Morgan fingerprint density at radius 1 is 1.50 bits per heavy atom. The molecule has 0 aromatic carbocycles. The minimum Gasteiger partial charge on any atom is -0.379 e. The van der Waals surface area contributed by atoms with E-state index in [0.717, 1.165) is 35.6 Å². The summed E-state index contributed by atoms with van der Waals surface area (Å²) in [4.78, 5) is 10.8. The second-order valence-electron chi connectivity index (χ2n) is 4.60. The number of rotatable bonds is 3. The van der Waals surface area contributed by atoms with Gasteiger partial charge in [-0.05, 0) is 28.3 Å². The van der Waals surface area contributed by atoms with Crippen molar-refractivity contribution in [1.29, 1.82) is 0 Å². The first-order valence-electron chi connectivity index (χ1n) is 6.13. The summed E-state index contributed by atoms with van der Waals surface area (Å²) in [6, 6.07) is 0. The van der Waals surface area contributed by atoms with Crippen molar-refractivity contribution >= 4 is 27.6 Å². The lowest BCUT2D eigenvalue weighted by molar-refractivity contribution is 0.0496. The topological polar surface area (TPSA) is 50.3 Å². The van der Waals surface area contributed by atoms with Gasteiger partial charge in [0.2, 0.25) is 0 Å². The van der Waals surface area contributed by atoms with Crippen molar-refractivity contribution in [3.05, 3.63) is 10.8 Å². The average molecular weight is 315 g/mol. The molecule has 2 rings (SSSR count). The molecule has 1 aromatic heterocycles. The molecule has 5 nitrogen and oxygen atoms in total. The van der Waals surface area contributed by atoms with E-state index < -0.39 is 0 Å². The minimum absolute atomic E-state index is 0.263. The Bertz CT molecular complexity index is 415. The predicted octanol–water partition coefficient (Wildman–Crippen LogP) is 2.14. The van der Waals surface area contributed by atoms with Gasteiger partial charge < -0.3 is 15.0 Å². The van der Waals surface area contributed by atoms with Crippen molar-refractivity contribution in [2.75, 3.05) is 37.5 Å². The molecular formula is C12H19BrN4O. The first-order valence-corrected chi connectivity index (χ1v) is 6.92. The van der Waals surface area contributed by atoms with Crippen molar-refractivity contribution in [2.45, 2.75) is 19.4 Å². The van der Waals surface area contributed by atoms with Crippen molar-refractivity contribution in [3.63, 3.8) is 0 Å². The van der Waals surface area contributed by atoms with Gasteiger partial charge in [-0.1, -0.05) is 6.92 Å². The number of aromatic nitrogens is 2. The fourth-order valence-electron chi connectivity index (χ4n) is 2.29. The number of ether oxygens (including phenoxy) is 1. The summed E-state index contributed by atoms with van der Waals surface area (Å²) in [5.41, 5.74) is 0. The molecule has 2 heterocycles. The van der Waals surface area contributed by atoms with Crippen LogP contribution in [0.25, 0.3) is 0 Å². The highest BCUT2D eigenvalue weighted by Gasteiger charge is 2.28. The number of anilines is 2. The average Bonchev–Trinajstić information content (AvgIpc) is 2.40. The molecule has 100 valence electrons. The molecule has 0 saturated carbocycles. The van der Waals surface area contributed by atoms with Crippen LogP contribution in [-0.2, 0) is 4.74 Å². The Kier molecular flexibility index (Phi) is 4.40. The van der Waals surface area contributed by atoms with Gasteiger partial charge in [0.25, 0.3) is 0 Å². The predicted molar refractivity (Wildman–Crippen MR) is 76.1 cm³/mol. The molecule has 1 aliphatic heterocycles. The number of nitrogens with one attached hydrogen (secondary N) is 1. The number of methoxy groups -OCH3 is 1. The highest BCUT2D eigenvalue weighted by Crippen LogP contribution is 2.32. The monoisotopic (exact) mass is 314 g/mol. The summed E-state index contributed by atoms with van der Waals surface area (Å²) >= 11 is 3.56. The lowest BCUT2D eigenvalue weighted by Gasteiger charge is -2.37. The van der Waals surface area contributed by atoms with E-state index in [9.17, 15) is 0 Å². The second kappa shape index (κ2) is 5.84. The van der Waals surface area contributed by atoms with Crippen molar-refractivity contribution in [3.8, 4) is 0 Å². The van der Waals surface area contributed by atoms with Gasteiger partial charge in [0.05, 0.1) is 6.10 Å². The first-order chi connectivity index (χ1) is 8.67. The van der Waals surface area contributed by atoms with Crippen LogP contribution in [0.2, 0.25) is 0 Å². The molecule has 2 atom stereocenters. The molecule has 1 aliphatic rings. The summed E-state index contributed by atoms with van der Waals surface area (Å²) < 4.78 is 6.45. The summed E-state index contributed by atoms with van der Waals surface area (Å²) in [5, 5.41) is 3.05. The fraction of sp³-hybridized carbons (Fsp3) is 0.667. The number of halogens is 1. The molecule has 2 unspecified atom stereocenters. The molecule has 1 N–H and O–H groups in total. The van der Waals surface area contributed by atoms with E-state index >= 15 is 0 Å². The molecule has 0 amide bonds. The number of hydrogen-bond acceptors (Lipinski definition) is 5. The van der Waals surface area contributed by atoms with Crippen molar-refractivity contribution < 1.29 is 4.74 Å². The smallest absolute Gasteiger partial charge is 0.148 e. The van der Waals surface area contributed by atoms with Crippen LogP contribution in [0.4, 0.5) is 11.6 Å². The third kappa shape index (κ3) is 2.59. The quantitative estimate of drug-likeness (QED) is 0.926. The second-order valence-corrected chi connectivity index (χ2v) is 5.39. The minimum atomic E-state index is 0.263. The Hall–Kier alpha value is -0.880. The van der Waals surface area contributed by atoms with Crippen LogP contribution in [0.3, 0.4) is 0 Å². The Balaban J connectivity index is 2.21. The molecular weight excluding hydrogens is 296 g/mol. The van der Waals surface area contributed by atoms with E-state index in [1.165, 1.54) is 0 Å². The molecule has 1 saturated heterocycles. The van der Waals surface area contributed by atoms with E-state index in [4.69, 9.17) is 4.74 Å². The van der Waals surface area contributed by atoms with E-state index in [0.29, 0.717) is 5.92 Å². The number of hydrogen-bond donors (Lipinski definition) is 1. The van der Waals surface area contributed by atoms with Crippen molar-refractivity contribution in [2.24, 2.45) is 5.92 Å². The SMILES string of the molecule is CNc1ncnc(N2CCC(C)C(OC)C2)c1Br. The normalized spacial score (nSPS) is 24.1. The number of piperidine rings is 1. The number of nitrogens with zero attached hydrogens (tertiary/aromatic N) is 3. The maximum Gasteiger partial charge on any atom is 0.148 e. The fourth-order valence-corrected chi connectivity index (χ4v) is 2.94. The van der Waals surface area contributed by atoms with Crippen LogP contribution < -0.4 is 10.2 Å². The molecule has 6 heteroatoms. The maximum atomic E-state index is 5.54. The molecule has 0 aliphatic carbocycles. The lowest BCUT2D eigenvalue weighted by Crippen LogP contribution is -2.44. The van der Waals surface area contributed by atoms with Crippen LogP contribution in [-0.4, -0.2) is 43.3 Å². The maximum absolute atomic E-state index is 5.54. The van der Waals surface area contributed by atoms with Gasteiger partial charge in [0, 0.05) is 27.2 Å². The largest absolute Gasteiger partial charge is 0.379 e. The molecule has 1 aromatic rings. The zero-order chi connectivity index (χ0) is 13.1.